The number of benzene rings is 1. The standard InChI is InChI=1S/C13H18N2O3/c1-4-17-13(18-5-2)15-9-14-11-7-6-10(16-3)8-12(11)15/h6-9,13H,4-5H2,1-3H3. The Morgan fingerprint density at radius 1 is 1.22 bits per heavy atom. The third-order valence-corrected chi connectivity index (χ3v) is 2.63. The zero-order valence-electron chi connectivity index (χ0n) is 10.9. The van der Waals surface area contributed by atoms with Gasteiger partial charge in [-0.15, -0.1) is 0 Å². The molecule has 98 valence electrons. The molecular weight excluding hydrogens is 232 g/mol. The number of imidazole rings is 1. The van der Waals surface area contributed by atoms with Crippen molar-refractivity contribution in [1.29, 1.82) is 0 Å². The SMILES string of the molecule is CCOC(OCC)n1cnc2ccc(OC)cc21. The quantitative estimate of drug-likeness (QED) is 0.739. The van der Waals surface area contributed by atoms with Crippen molar-refractivity contribution < 1.29 is 14.2 Å². The topological polar surface area (TPSA) is 45.5 Å². The average Bonchev–Trinajstić information content (AvgIpc) is 2.81. The van der Waals surface area contributed by atoms with Gasteiger partial charge in [0, 0.05) is 19.3 Å². The van der Waals surface area contributed by atoms with Gasteiger partial charge in [-0.2, -0.15) is 0 Å². The first-order chi connectivity index (χ1) is 8.80. The van der Waals surface area contributed by atoms with Crippen LogP contribution in [0.25, 0.3) is 11.0 Å². The Hall–Kier alpha value is -1.59. The number of hydrogen-bond acceptors (Lipinski definition) is 4. The molecule has 0 unspecified atom stereocenters. The minimum Gasteiger partial charge on any atom is -0.497 e. The molecule has 0 aliphatic carbocycles. The number of hydrogen-bond donors (Lipinski definition) is 0. The monoisotopic (exact) mass is 250 g/mol. The van der Waals surface area contributed by atoms with E-state index in [9.17, 15) is 0 Å². The molecule has 1 heterocycles. The van der Waals surface area contributed by atoms with Gasteiger partial charge < -0.3 is 14.2 Å². The second-order valence-corrected chi connectivity index (χ2v) is 3.72. The predicted octanol–water partition coefficient (Wildman–Crippen LogP) is 2.57. The van der Waals surface area contributed by atoms with Crippen LogP contribution in [0.15, 0.2) is 24.5 Å². The van der Waals surface area contributed by atoms with Gasteiger partial charge in [0.15, 0.2) is 0 Å². The number of methoxy groups -OCH3 is 1. The van der Waals surface area contributed by atoms with Gasteiger partial charge in [0.2, 0.25) is 6.41 Å². The molecule has 5 heteroatoms. The van der Waals surface area contributed by atoms with Crippen molar-refractivity contribution in [2.75, 3.05) is 20.3 Å². The molecule has 18 heavy (non-hydrogen) atoms. The molecule has 1 aromatic carbocycles. The van der Waals surface area contributed by atoms with E-state index in [4.69, 9.17) is 14.2 Å². The lowest BCUT2D eigenvalue weighted by molar-refractivity contribution is -0.184. The summed E-state index contributed by atoms with van der Waals surface area (Å²) in [6.07, 6.45) is 1.28. The Labute approximate surface area is 106 Å². The third kappa shape index (κ3) is 2.47. The van der Waals surface area contributed by atoms with Crippen LogP contribution < -0.4 is 4.74 Å². The zero-order valence-corrected chi connectivity index (χ0v) is 10.9. The van der Waals surface area contributed by atoms with Gasteiger partial charge in [0.1, 0.15) is 5.75 Å². The van der Waals surface area contributed by atoms with Crippen LogP contribution in [-0.4, -0.2) is 29.9 Å². The third-order valence-electron chi connectivity index (χ3n) is 2.63. The molecular formula is C13H18N2O3. The van der Waals surface area contributed by atoms with Crippen molar-refractivity contribution in [3.8, 4) is 5.75 Å². The van der Waals surface area contributed by atoms with Crippen LogP contribution in [0.4, 0.5) is 0 Å². The first-order valence-electron chi connectivity index (χ1n) is 6.04. The molecule has 2 rings (SSSR count). The van der Waals surface area contributed by atoms with Crippen molar-refractivity contribution >= 4 is 11.0 Å². The first kappa shape index (κ1) is 12.9. The molecule has 0 bridgehead atoms. The van der Waals surface area contributed by atoms with E-state index in [1.54, 1.807) is 13.4 Å². The van der Waals surface area contributed by atoms with Crippen LogP contribution in [0, 0.1) is 0 Å². The lowest BCUT2D eigenvalue weighted by atomic mass is 10.3. The summed E-state index contributed by atoms with van der Waals surface area (Å²) in [5, 5.41) is 0. The van der Waals surface area contributed by atoms with E-state index in [0.717, 1.165) is 16.8 Å². The molecule has 1 aromatic heterocycles. The van der Waals surface area contributed by atoms with Gasteiger partial charge in [-0.1, -0.05) is 0 Å². The van der Waals surface area contributed by atoms with Gasteiger partial charge in [-0.25, -0.2) is 4.98 Å². The van der Waals surface area contributed by atoms with Crippen LogP contribution in [-0.2, 0) is 9.47 Å². The highest BCUT2D eigenvalue weighted by atomic mass is 16.7. The first-order valence-corrected chi connectivity index (χ1v) is 6.04. The van der Waals surface area contributed by atoms with Gasteiger partial charge in [0.25, 0.3) is 0 Å². The number of fused-ring (bicyclic) bond motifs is 1. The maximum atomic E-state index is 5.57. The molecule has 0 radical (unpaired) electrons. The second kappa shape index (κ2) is 5.84. The fraction of sp³-hybridized carbons (Fsp3) is 0.462. The maximum Gasteiger partial charge on any atom is 0.245 e. The number of nitrogens with zero attached hydrogens (tertiary/aromatic N) is 2. The Bertz CT molecular complexity index is 504. The molecule has 0 amide bonds. The summed E-state index contributed by atoms with van der Waals surface area (Å²) in [7, 11) is 1.64. The maximum absolute atomic E-state index is 5.57. The van der Waals surface area contributed by atoms with Crippen LogP contribution in [0.3, 0.4) is 0 Å². The summed E-state index contributed by atoms with van der Waals surface area (Å²) in [5.74, 6) is 0.788. The largest absolute Gasteiger partial charge is 0.497 e. The Morgan fingerprint density at radius 2 is 1.94 bits per heavy atom. The van der Waals surface area contributed by atoms with Crippen LogP contribution in [0.2, 0.25) is 0 Å². The fourth-order valence-electron chi connectivity index (χ4n) is 1.79. The minimum atomic E-state index is -0.447. The Kier molecular flexibility index (Phi) is 4.17. The van der Waals surface area contributed by atoms with E-state index >= 15 is 0 Å². The molecule has 0 aliphatic heterocycles. The predicted molar refractivity (Wildman–Crippen MR) is 68.6 cm³/mol. The van der Waals surface area contributed by atoms with Crippen molar-refractivity contribution in [2.45, 2.75) is 20.3 Å². The number of rotatable bonds is 6. The lowest BCUT2D eigenvalue weighted by Crippen LogP contribution is -2.15. The molecule has 0 spiro atoms. The molecule has 0 atom stereocenters. The van der Waals surface area contributed by atoms with Crippen molar-refractivity contribution in [2.24, 2.45) is 0 Å². The van der Waals surface area contributed by atoms with Crippen LogP contribution in [0.5, 0.6) is 5.75 Å². The summed E-state index contributed by atoms with van der Waals surface area (Å²) >= 11 is 0. The van der Waals surface area contributed by atoms with E-state index in [1.165, 1.54) is 0 Å². The summed E-state index contributed by atoms with van der Waals surface area (Å²) < 4.78 is 18.2. The highest BCUT2D eigenvalue weighted by Gasteiger charge is 2.14. The number of ether oxygens (including phenoxy) is 3. The van der Waals surface area contributed by atoms with Gasteiger partial charge in [-0.3, -0.25) is 4.57 Å². The lowest BCUT2D eigenvalue weighted by Gasteiger charge is -2.18. The Balaban J connectivity index is 2.41. The second-order valence-electron chi connectivity index (χ2n) is 3.72. The molecule has 0 aliphatic rings. The summed E-state index contributed by atoms with van der Waals surface area (Å²) in [6.45, 7) is 5.03. The van der Waals surface area contributed by atoms with Gasteiger partial charge in [0.05, 0.1) is 24.5 Å². The van der Waals surface area contributed by atoms with E-state index in [0.29, 0.717) is 13.2 Å². The van der Waals surface area contributed by atoms with E-state index in [1.807, 2.05) is 36.6 Å². The summed E-state index contributed by atoms with van der Waals surface area (Å²) in [4.78, 5) is 4.33. The van der Waals surface area contributed by atoms with Crippen molar-refractivity contribution in [3.05, 3.63) is 24.5 Å². The average molecular weight is 250 g/mol. The van der Waals surface area contributed by atoms with E-state index in [-0.39, 0.29) is 0 Å². The normalized spacial score (nSPS) is 11.3. The van der Waals surface area contributed by atoms with Crippen LogP contribution >= 0.6 is 0 Å². The molecule has 0 saturated carbocycles. The van der Waals surface area contributed by atoms with Crippen LogP contribution in [0.1, 0.15) is 20.3 Å². The van der Waals surface area contributed by atoms with Crippen molar-refractivity contribution in [1.82, 2.24) is 9.55 Å². The minimum absolute atomic E-state index is 0.447. The summed E-state index contributed by atoms with van der Waals surface area (Å²) in [5.41, 5.74) is 1.82. The number of aromatic nitrogens is 2. The highest BCUT2D eigenvalue weighted by Crippen LogP contribution is 2.23. The van der Waals surface area contributed by atoms with E-state index < -0.39 is 6.41 Å². The smallest absolute Gasteiger partial charge is 0.245 e. The van der Waals surface area contributed by atoms with Crippen molar-refractivity contribution in [3.63, 3.8) is 0 Å². The molecule has 0 saturated heterocycles. The molecule has 0 N–H and O–H groups in total. The molecule has 0 fully saturated rings. The zero-order chi connectivity index (χ0) is 13.0. The van der Waals surface area contributed by atoms with Gasteiger partial charge in [-0.05, 0) is 26.0 Å². The van der Waals surface area contributed by atoms with E-state index in [2.05, 4.69) is 4.98 Å². The Morgan fingerprint density at radius 3 is 2.56 bits per heavy atom. The highest BCUT2D eigenvalue weighted by molar-refractivity contribution is 5.77. The molecule has 5 nitrogen and oxygen atoms in total. The fourth-order valence-corrected chi connectivity index (χ4v) is 1.79. The van der Waals surface area contributed by atoms with Gasteiger partial charge >= 0.3 is 0 Å². The summed E-state index contributed by atoms with van der Waals surface area (Å²) in [6, 6.07) is 5.73. The molecule has 2 aromatic rings.